The maximum Gasteiger partial charge on any atom is 0.0314 e. The summed E-state index contributed by atoms with van der Waals surface area (Å²) in [6.07, 6.45) is 5.34. The van der Waals surface area contributed by atoms with Gasteiger partial charge in [-0.25, -0.2) is 0 Å². The molecule has 18 heavy (non-hydrogen) atoms. The monoisotopic (exact) mass is 246 g/mol. The molecule has 1 aromatic carbocycles. The van der Waals surface area contributed by atoms with Crippen LogP contribution in [0.4, 0.5) is 5.69 Å². The van der Waals surface area contributed by atoms with Gasteiger partial charge in [0.15, 0.2) is 0 Å². The van der Waals surface area contributed by atoms with Crippen LogP contribution in [0.2, 0.25) is 0 Å². The molecule has 0 saturated heterocycles. The third-order valence-corrected chi connectivity index (χ3v) is 4.43. The SMILES string of the molecule is CCN(CC)C1CCC(c2ccc(N)cc2)CC1. The second-order valence-electron chi connectivity index (χ2n) is 5.39. The number of rotatable bonds is 4. The van der Waals surface area contributed by atoms with Gasteiger partial charge >= 0.3 is 0 Å². The van der Waals surface area contributed by atoms with Crippen LogP contribution in [0.5, 0.6) is 0 Å². The van der Waals surface area contributed by atoms with Crippen molar-refractivity contribution in [3.8, 4) is 0 Å². The van der Waals surface area contributed by atoms with Gasteiger partial charge in [0.1, 0.15) is 0 Å². The summed E-state index contributed by atoms with van der Waals surface area (Å²) >= 11 is 0. The molecule has 1 aromatic rings. The first-order chi connectivity index (χ1) is 8.74. The Morgan fingerprint density at radius 3 is 2.06 bits per heavy atom. The van der Waals surface area contributed by atoms with Gasteiger partial charge in [-0.05, 0) is 62.4 Å². The molecule has 2 rings (SSSR count). The zero-order valence-corrected chi connectivity index (χ0v) is 11.7. The third kappa shape index (κ3) is 3.05. The molecule has 2 heteroatoms. The Kier molecular flexibility index (Phi) is 4.65. The highest BCUT2D eigenvalue weighted by Gasteiger charge is 2.24. The minimum atomic E-state index is 0.748. The Morgan fingerprint density at radius 1 is 1.00 bits per heavy atom. The Labute approximate surface area is 111 Å². The Balaban J connectivity index is 1.92. The van der Waals surface area contributed by atoms with E-state index in [1.165, 1.54) is 44.3 Å². The summed E-state index contributed by atoms with van der Waals surface area (Å²) in [5.41, 5.74) is 8.09. The topological polar surface area (TPSA) is 29.3 Å². The normalized spacial score (nSPS) is 24.4. The average molecular weight is 246 g/mol. The summed E-state index contributed by atoms with van der Waals surface area (Å²) in [6.45, 7) is 6.92. The van der Waals surface area contributed by atoms with Gasteiger partial charge in [0, 0.05) is 11.7 Å². The van der Waals surface area contributed by atoms with Gasteiger partial charge in [0.25, 0.3) is 0 Å². The summed E-state index contributed by atoms with van der Waals surface area (Å²) in [5.74, 6) is 0.748. The molecule has 0 heterocycles. The third-order valence-electron chi connectivity index (χ3n) is 4.43. The standard InChI is InChI=1S/C16H26N2/c1-3-18(4-2)16-11-7-14(8-12-16)13-5-9-15(17)10-6-13/h5-6,9-10,14,16H,3-4,7-8,11-12,17H2,1-2H3. The lowest BCUT2D eigenvalue weighted by atomic mass is 9.81. The van der Waals surface area contributed by atoms with Crippen molar-refractivity contribution in [2.24, 2.45) is 0 Å². The smallest absolute Gasteiger partial charge is 0.0314 e. The molecule has 0 aliphatic heterocycles. The zero-order chi connectivity index (χ0) is 13.0. The van der Waals surface area contributed by atoms with Gasteiger partial charge in [-0.2, -0.15) is 0 Å². The van der Waals surface area contributed by atoms with Crippen LogP contribution in [0.25, 0.3) is 0 Å². The van der Waals surface area contributed by atoms with E-state index in [1.54, 1.807) is 0 Å². The van der Waals surface area contributed by atoms with Crippen molar-refractivity contribution in [2.45, 2.75) is 51.5 Å². The lowest BCUT2D eigenvalue weighted by molar-refractivity contribution is 0.164. The van der Waals surface area contributed by atoms with Crippen molar-refractivity contribution in [2.75, 3.05) is 18.8 Å². The molecule has 1 saturated carbocycles. The zero-order valence-electron chi connectivity index (χ0n) is 11.7. The number of nitrogen functional groups attached to an aromatic ring is 1. The van der Waals surface area contributed by atoms with Crippen molar-refractivity contribution in [1.82, 2.24) is 4.90 Å². The second kappa shape index (κ2) is 6.24. The van der Waals surface area contributed by atoms with E-state index >= 15 is 0 Å². The van der Waals surface area contributed by atoms with Crippen LogP contribution in [0.1, 0.15) is 51.0 Å². The summed E-state index contributed by atoms with van der Waals surface area (Å²) in [6, 6.07) is 9.29. The highest BCUT2D eigenvalue weighted by atomic mass is 15.1. The molecule has 100 valence electrons. The lowest BCUT2D eigenvalue weighted by Crippen LogP contribution is -2.37. The highest BCUT2D eigenvalue weighted by molar-refractivity contribution is 5.40. The predicted molar refractivity (Wildman–Crippen MR) is 78.8 cm³/mol. The van der Waals surface area contributed by atoms with Crippen LogP contribution in [0, 0.1) is 0 Å². The first-order valence-electron chi connectivity index (χ1n) is 7.34. The van der Waals surface area contributed by atoms with E-state index in [0.29, 0.717) is 0 Å². The van der Waals surface area contributed by atoms with Crippen molar-refractivity contribution in [3.05, 3.63) is 29.8 Å². The molecule has 0 atom stereocenters. The summed E-state index contributed by atoms with van der Waals surface area (Å²) in [4.78, 5) is 2.61. The fourth-order valence-electron chi connectivity index (χ4n) is 3.28. The number of hydrogen-bond acceptors (Lipinski definition) is 2. The Bertz CT molecular complexity index is 346. The fourth-order valence-corrected chi connectivity index (χ4v) is 3.28. The molecule has 1 fully saturated rings. The fraction of sp³-hybridized carbons (Fsp3) is 0.625. The van der Waals surface area contributed by atoms with E-state index in [0.717, 1.165) is 17.6 Å². The summed E-state index contributed by atoms with van der Waals surface area (Å²) in [5, 5.41) is 0. The van der Waals surface area contributed by atoms with Gasteiger partial charge in [0.2, 0.25) is 0 Å². The Hall–Kier alpha value is -1.02. The molecule has 0 aromatic heterocycles. The van der Waals surface area contributed by atoms with Gasteiger partial charge in [-0.3, -0.25) is 0 Å². The van der Waals surface area contributed by atoms with Gasteiger partial charge in [-0.1, -0.05) is 26.0 Å². The predicted octanol–water partition coefficient (Wildman–Crippen LogP) is 3.64. The summed E-state index contributed by atoms with van der Waals surface area (Å²) < 4.78 is 0. The second-order valence-corrected chi connectivity index (χ2v) is 5.39. The van der Waals surface area contributed by atoms with E-state index < -0.39 is 0 Å². The molecule has 0 radical (unpaired) electrons. The van der Waals surface area contributed by atoms with E-state index in [9.17, 15) is 0 Å². The van der Waals surface area contributed by atoms with Gasteiger partial charge in [0.05, 0.1) is 0 Å². The largest absolute Gasteiger partial charge is 0.399 e. The first kappa shape index (κ1) is 13.4. The minimum absolute atomic E-state index is 0.748. The number of nitrogens with two attached hydrogens (primary N) is 1. The molecule has 0 unspecified atom stereocenters. The quantitative estimate of drug-likeness (QED) is 0.822. The molecule has 0 amide bonds. The molecule has 0 bridgehead atoms. The van der Waals surface area contributed by atoms with E-state index in [2.05, 4.69) is 30.9 Å². The van der Waals surface area contributed by atoms with Crippen molar-refractivity contribution in [1.29, 1.82) is 0 Å². The van der Waals surface area contributed by atoms with Crippen LogP contribution >= 0.6 is 0 Å². The molecular formula is C16H26N2. The van der Waals surface area contributed by atoms with Crippen LogP contribution in [-0.2, 0) is 0 Å². The van der Waals surface area contributed by atoms with Crippen LogP contribution in [0.15, 0.2) is 24.3 Å². The Morgan fingerprint density at radius 2 is 1.56 bits per heavy atom. The maximum absolute atomic E-state index is 5.75. The molecule has 1 aliphatic carbocycles. The van der Waals surface area contributed by atoms with Crippen molar-refractivity contribution in [3.63, 3.8) is 0 Å². The number of anilines is 1. The van der Waals surface area contributed by atoms with Crippen molar-refractivity contribution < 1.29 is 0 Å². The maximum atomic E-state index is 5.75. The van der Waals surface area contributed by atoms with Gasteiger partial charge < -0.3 is 10.6 Å². The van der Waals surface area contributed by atoms with E-state index in [1.807, 2.05) is 12.1 Å². The van der Waals surface area contributed by atoms with Gasteiger partial charge in [-0.15, -0.1) is 0 Å². The molecule has 2 nitrogen and oxygen atoms in total. The molecule has 0 spiro atoms. The molecule has 1 aliphatic rings. The number of hydrogen-bond donors (Lipinski definition) is 1. The highest BCUT2D eigenvalue weighted by Crippen LogP contribution is 2.34. The lowest BCUT2D eigenvalue weighted by Gasteiger charge is -2.36. The van der Waals surface area contributed by atoms with Crippen molar-refractivity contribution >= 4 is 5.69 Å². The van der Waals surface area contributed by atoms with Crippen LogP contribution in [-0.4, -0.2) is 24.0 Å². The van der Waals surface area contributed by atoms with Crippen LogP contribution < -0.4 is 5.73 Å². The van der Waals surface area contributed by atoms with Crippen LogP contribution in [0.3, 0.4) is 0 Å². The summed E-state index contributed by atoms with van der Waals surface area (Å²) in [7, 11) is 0. The molecular weight excluding hydrogens is 220 g/mol. The average Bonchev–Trinajstić information content (AvgIpc) is 2.42. The number of benzene rings is 1. The molecule has 2 N–H and O–H groups in total. The first-order valence-corrected chi connectivity index (χ1v) is 7.34. The number of nitrogens with zero attached hydrogens (tertiary/aromatic N) is 1. The van der Waals surface area contributed by atoms with E-state index in [-0.39, 0.29) is 0 Å². The minimum Gasteiger partial charge on any atom is -0.399 e. The van der Waals surface area contributed by atoms with E-state index in [4.69, 9.17) is 5.73 Å².